The molecule has 0 aliphatic heterocycles. The van der Waals surface area contributed by atoms with Crippen LogP contribution in [0, 0.1) is 36.5 Å². The summed E-state index contributed by atoms with van der Waals surface area (Å²) in [5, 5.41) is 0. The monoisotopic (exact) mass is 376 g/mol. The van der Waals surface area contributed by atoms with Crippen LogP contribution in [0.25, 0.3) is 0 Å². The summed E-state index contributed by atoms with van der Waals surface area (Å²) in [5.74, 6) is -0.309. The van der Waals surface area contributed by atoms with Gasteiger partial charge in [-0.3, -0.25) is 13.8 Å². The van der Waals surface area contributed by atoms with E-state index >= 15 is 0 Å². The number of benzene rings is 1. The molecule has 0 heterocycles. The second kappa shape index (κ2) is 5.05. The van der Waals surface area contributed by atoms with Crippen LogP contribution < -0.4 is 0 Å². The van der Waals surface area contributed by atoms with Crippen LogP contribution in [-0.4, -0.2) is 20.5 Å². The van der Waals surface area contributed by atoms with Crippen molar-refractivity contribution in [3.8, 4) is 0 Å². The first-order chi connectivity index (χ1) is 13.0. The average molecular weight is 376 g/mol. The lowest BCUT2D eigenvalue weighted by Gasteiger charge is -2.43. The van der Waals surface area contributed by atoms with Gasteiger partial charge in [0.2, 0.25) is 0 Å². The van der Waals surface area contributed by atoms with Crippen molar-refractivity contribution < 1.29 is 13.8 Å². The molecule has 3 nitrogen and oxygen atoms in total. The quantitative estimate of drug-likeness (QED) is 0.744. The van der Waals surface area contributed by atoms with Crippen molar-refractivity contribution in [1.82, 2.24) is 0 Å². The highest BCUT2D eigenvalue weighted by molar-refractivity contribution is 7.87. The third-order valence-electron chi connectivity index (χ3n) is 7.36. The molecule has 0 unspecified atom stereocenters. The van der Waals surface area contributed by atoms with E-state index in [9.17, 15) is 13.8 Å². The van der Waals surface area contributed by atoms with E-state index in [0.29, 0.717) is 10.5 Å². The number of carbonyl (C=O) groups is 2. The molecule has 0 spiro atoms. The highest BCUT2D eigenvalue weighted by Gasteiger charge is 2.70. The van der Waals surface area contributed by atoms with Gasteiger partial charge in [0, 0.05) is 33.8 Å². The highest BCUT2D eigenvalue weighted by atomic mass is 32.2. The molecule has 0 N–H and O–H groups in total. The molecule has 4 bridgehead atoms. The summed E-state index contributed by atoms with van der Waals surface area (Å²) < 4.78 is 12.8. The van der Waals surface area contributed by atoms with Gasteiger partial charge in [-0.15, -0.1) is 0 Å². The fourth-order valence-corrected chi connectivity index (χ4v) is 8.26. The molecule has 136 valence electrons. The van der Waals surface area contributed by atoms with Crippen LogP contribution in [-0.2, 0) is 20.4 Å². The number of carbonyl (C=O) groups excluding carboxylic acids is 2. The van der Waals surface area contributed by atoms with E-state index in [4.69, 9.17) is 0 Å². The predicted molar refractivity (Wildman–Crippen MR) is 102 cm³/mol. The van der Waals surface area contributed by atoms with Crippen molar-refractivity contribution >= 4 is 22.4 Å². The molecule has 1 aromatic carbocycles. The molecular formula is C23H20O3S. The van der Waals surface area contributed by atoms with Gasteiger partial charge in [-0.1, -0.05) is 42.0 Å². The van der Waals surface area contributed by atoms with E-state index in [2.05, 4.69) is 18.2 Å². The topological polar surface area (TPSA) is 51.2 Å². The van der Waals surface area contributed by atoms with E-state index in [1.54, 1.807) is 0 Å². The Hall–Kier alpha value is -2.07. The first-order valence-corrected chi connectivity index (χ1v) is 10.9. The van der Waals surface area contributed by atoms with Crippen molar-refractivity contribution in [1.29, 1.82) is 0 Å². The molecule has 0 radical (unpaired) electrons. The molecule has 27 heavy (non-hydrogen) atoms. The Morgan fingerprint density at radius 3 is 2.37 bits per heavy atom. The maximum Gasteiger partial charge on any atom is 0.180 e. The normalized spacial score (nSPS) is 41.4. The van der Waals surface area contributed by atoms with Gasteiger partial charge >= 0.3 is 0 Å². The molecule has 5 aliphatic rings. The predicted octanol–water partition coefficient (Wildman–Crippen LogP) is 3.32. The standard InChI is InChI=1S/C23H20O3S/c1-12-2-8-17(9-3-12)27(26)23-16-7-6-15(11-16)20(23)21(24)18-13-4-5-14(10-13)19(18)22(23)25/h2-9,13-16,20H,10-11H2,1H3/t13-,14+,15-,16+,20+,23-,27-/m0/s1. The van der Waals surface area contributed by atoms with E-state index in [0.717, 1.165) is 24.0 Å². The lowest BCUT2D eigenvalue weighted by molar-refractivity contribution is -0.129. The van der Waals surface area contributed by atoms with Gasteiger partial charge in [0.25, 0.3) is 0 Å². The summed E-state index contributed by atoms with van der Waals surface area (Å²) in [5.41, 5.74) is 2.52. The fraction of sp³-hybridized carbons (Fsp3) is 0.391. The first kappa shape index (κ1) is 15.9. The molecular weight excluding hydrogens is 356 g/mol. The van der Waals surface area contributed by atoms with Crippen LogP contribution in [0.2, 0.25) is 0 Å². The summed E-state index contributed by atoms with van der Waals surface area (Å²) in [7, 11) is -1.55. The Labute approximate surface area is 160 Å². The van der Waals surface area contributed by atoms with Gasteiger partial charge in [0.05, 0.1) is 16.7 Å². The van der Waals surface area contributed by atoms with Crippen molar-refractivity contribution in [2.75, 3.05) is 0 Å². The molecule has 6 rings (SSSR count). The minimum atomic E-state index is -1.55. The minimum absolute atomic E-state index is 0.00490. The number of ketones is 2. The van der Waals surface area contributed by atoms with Crippen LogP contribution in [0.3, 0.4) is 0 Å². The van der Waals surface area contributed by atoms with Crippen LogP contribution in [0.4, 0.5) is 0 Å². The van der Waals surface area contributed by atoms with E-state index in [1.807, 2.05) is 37.3 Å². The zero-order valence-electron chi connectivity index (χ0n) is 15.1. The third-order valence-corrected chi connectivity index (χ3v) is 9.42. The molecule has 0 amide bonds. The smallest absolute Gasteiger partial charge is 0.180 e. The van der Waals surface area contributed by atoms with Gasteiger partial charge in [-0.2, -0.15) is 0 Å². The number of fused-ring (bicyclic) bond motifs is 9. The van der Waals surface area contributed by atoms with E-state index in [1.165, 1.54) is 0 Å². The number of Topliss-reactive ketones (excluding diaryl/α,β-unsaturated/α-hetero) is 2. The first-order valence-electron chi connectivity index (χ1n) is 9.71. The summed E-state index contributed by atoms with van der Waals surface area (Å²) in [6.07, 6.45) is 9.89. The Balaban J connectivity index is 1.57. The second-order valence-electron chi connectivity index (χ2n) is 8.60. The van der Waals surface area contributed by atoms with Crippen molar-refractivity contribution in [2.45, 2.75) is 29.4 Å². The molecule has 0 saturated heterocycles. The highest BCUT2D eigenvalue weighted by Crippen LogP contribution is 2.62. The molecule has 5 aliphatic carbocycles. The van der Waals surface area contributed by atoms with Gasteiger partial charge in [-0.25, -0.2) is 0 Å². The van der Waals surface area contributed by atoms with Crippen LogP contribution in [0.5, 0.6) is 0 Å². The lowest BCUT2D eigenvalue weighted by atomic mass is 9.66. The number of rotatable bonds is 2. The Kier molecular flexibility index (Phi) is 2.98. The summed E-state index contributed by atoms with van der Waals surface area (Å²) in [6, 6.07) is 7.58. The molecule has 1 aromatic rings. The third kappa shape index (κ3) is 1.71. The van der Waals surface area contributed by atoms with E-state index in [-0.39, 0.29) is 35.2 Å². The zero-order valence-corrected chi connectivity index (χ0v) is 15.9. The molecule has 1 saturated carbocycles. The summed E-state index contributed by atoms with van der Waals surface area (Å²) in [4.78, 5) is 28.2. The van der Waals surface area contributed by atoms with Crippen molar-refractivity contribution in [2.24, 2.45) is 29.6 Å². The van der Waals surface area contributed by atoms with Crippen LogP contribution >= 0.6 is 0 Å². The van der Waals surface area contributed by atoms with Gasteiger partial charge < -0.3 is 0 Å². The number of hydrogen-bond donors (Lipinski definition) is 0. The largest absolute Gasteiger partial charge is 0.294 e. The maximum atomic E-state index is 13.9. The maximum absolute atomic E-state index is 13.9. The Morgan fingerprint density at radius 2 is 1.63 bits per heavy atom. The summed E-state index contributed by atoms with van der Waals surface area (Å²) in [6.45, 7) is 1.99. The molecule has 4 heteroatoms. The average Bonchev–Trinajstić information content (AvgIpc) is 3.45. The fourth-order valence-electron chi connectivity index (χ4n) is 6.24. The summed E-state index contributed by atoms with van der Waals surface area (Å²) >= 11 is 0. The second-order valence-corrected chi connectivity index (χ2v) is 10.3. The SMILES string of the molecule is Cc1ccc([S@](=O)[C@]23C(=O)C4=C(C(=O)[C@H]2[C@H]2C=C[C@@H]3C2)[C@H]2C=C[C@@H]4C2)cc1. The molecule has 7 atom stereocenters. The van der Waals surface area contributed by atoms with Gasteiger partial charge in [0.15, 0.2) is 11.6 Å². The van der Waals surface area contributed by atoms with Gasteiger partial charge in [0.1, 0.15) is 4.75 Å². The van der Waals surface area contributed by atoms with Crippen molar-refractivity contribution in [3.63, 3.8) is 0 Å². The molecule has 0 aromatic heterocycles. The van der Waals surface area contributed by atoms with Crippen molar-refractivity contribution in [3.05, 3.63) is 65.3 Å². The Bertz CT molecular complexity index is 1030. The zero-order chi connectivity index (χ0) is 18.5. The number of allylic oxidation sites excluding steroid dienone is 6. The Morgan fingerprint density at radius 1 is 0.926 bits per heavy atom. The van der Waals surface area contributed by atoms with Crippen LogP contribution in [0.1, 0.15) is 18.4 Å². The number of aryl methyl sites for hydroxylation is 1. The van der Waals surface area contributed by atoms with E-state index < -0.39 is 21.5 Å². The van der Waals surface area contributed by atoms with Gasteiger partial charge in [-0.05, 0) is 37.8 Å². The van der Waals surface area contributed by atoms with Crippen LogP contribution in [0.15, 0.2) is 64.6 Å². The minimum Gasteiger partial charge on any atom is -0.294 e. The lowest BCUT2D eigenvalue weighted by Crippen LogP contribution is -2.59. The molecule has 1 fully saturated rings. The number of hydrogen-bond acceptors (Lipinski definition) is 3.